The van der Waals surface area contributed by atoms with Gasteiger partial charge in [-0.2, -0.15) is 0 Å². The van der Waals surface area contributed by atoms with E-state index in [1.807, 2.05) is 4.90 Å². The van der Waals surface area contributed by atoms with Gasteiger partial charge in [0.1, 0.15) is 0 Å². The van der Waals surface area contributed by atoms with Crippen LogP contribution in [-0.2, 0) is 9.53 Å². The molecule has 16 heavy (non-hydrogen) atoms. The highest BCUT2D eigenvalue weighted by molar-refractivity contribution is 5.77. The van der Waals surface area contributed by atoms with E-state index >= 15 is 0 Å². The molecule has 1 aliphatic heterocycles. The molecule has 3 atom stereocenters. The first-order valence-corrected chi connectivity index (χ1v) is 6.18. The molecule has 0 aromatic carbocycles. The zero-order valence-corrected chi connectivity index (χ0v) is 10.6. The van der Waals surface area contributed by atoms with Gasteiger partial charge in [-0.1, -0.05) is 6.92 Å². The first-order valence-electron chi connectivity index (χ1n) is 6.18. The van der Waals surface area contributed by atoms with Crippen molar-refractivity contribution in [3.05, 3.63) is 0 Å². The number of carbonyl (C=O) groups excluding carboxylic acids is 1. The van der Waals surface area contributed by atoms with Crippen LogP contribution in [0.25, 0.3) is 0 Å². The summed E-state index contributed by atoms with van der Waals surface area (Å²) in [5.41, 5.74) is 5.54. The number of methoxy groups -OCH3 is 1. The van der Waals surface area contributed by atoms with Crippen LogP contribution in [0, 0.1) is 0 Å². The van der Waals surface area contributed by atoms with E-state index in [2.05, 4.69) is 13.8 Å². The highest BCUT2D eigenvalue weighted by Gasteiger charge is 2.33. The van der Waals surface area contributed by atoms with Crippen LogP contribution in [-0.4, -0.2) is 42.6 Å². The fraction of sp³-hybridized carbons (Fsp3) is 0.917. The molecule has 1 saturated heterocycles. The van der Waals surface area contributed by atoms with Crippen LogP contribution in [0.5, 0.6) is 0 Å². The van der Waals surface area contributed by atoms with Crippen molar-refractivity contribution in [3.8, 4) is 0 Å². The molecule has 0 aromatic rings. The molecule has 4 heteroatoms. The number of rotatable bonds is 5. The average molecular weight is 228 g/mol. The molecule has 1 amide bonds. The van der Waals surface area contributed by atoms with E-state index in [1.54, 1.807) is 7.11 Å². The monoisotopic (exact) mass is 228 g/mol. The van der Waals surface area contributed by atoms with Crippen LogP contribution in [0.4, 0.5) is 0 Å². The van der Waals surface area contributed by atoms with Crippen molar-refractivity contribution in [2.45, 2.75) is 57.7 Å². The predicted octanol–water partition coefficient (Wildman–Crippen LogP) is 1.14. The zero-order chi connectivity index (χ0) is 12.1. The lowest BCUT2D eigenvalue weighted by atomic mass is 10.1. The third kappa shape index (κ3) is 2.95. The lowest BCUT2D eigenvalue weighted by molar-refractivity contribution is -0.136. The Bertz CT molecular complexity index is 229. The predicted molar refractivity (Wildman–Crippen MR) is 64.1 cm³/mol. The van der Waals surface area contributed by atoms with Gasteiger partial charge in [0.15, 0.2) is 0 Å². The minimum atomic E-state index is -0.141. The average Bonchev–Trinajstić information content (AvgIpc) is 2.67. The first-order chi connectivity index (χ1) is 7.63. The van der Waals surface area contributed by atoms with Gasteiger partial charge in [0.05, 0.1) is 12.5 Å². The number of amides is 1. The van der Waals surface area contributed by atoms with Crippen molar-refractivity contribution in [2.24, 2.45) is 5.73 Å². The summed E-state index contributed by atoms with van der Waals surface area (Å²) in [5, 5.41) is 0. The normalized spacial score (nSPS) is 27.1. The molecule has 4 nitrogen and oxygen atoms in total. The number of nitrogens with zero attached hydrogens (tertiary/aromatic N) is 1. The molecule has 1 fully saturated rings. The summed E-state index contributed by atoms with van der Waals surface area (Å²) in [4.78, 5) is 14.2. The summed E-state index contributed by atoms with van der Waals surface area (Å²) in [6, 6.07) is 0.783. The fourth-order valence-corrected chi connectivity index (χ4v) is 2.48. The molecule has 2 N–H and O–H groups in total. The van der Waals surface area contributed by atoms with Crippen LogP contribution in [0.15, 0.2) is 0 Å². The fourth-order valence-electron chi connectivity index (χ4n) is 2.48. The van der Waals surface area contributed by atoms with Crippen LogP contribution in [0.1, 0.15) is 39.5 Å². The van der Waals surface area contributed by atoms with E-state index in [4.69, 9.17) is 10.5 Å². The summed E-state index contributed by atoms with van der Waals surface area (Å²) in [6.07, 6.45) is 3.55. The third-order valence-electron chi connectivity index (χ3n) is 3.54. The highest BCUT2D eigenvalue weighted by Crippen LogP contribution is 2.26. The maximum absolute atomic E-state index is 12.1. The summed E-state index contributed by atoms with van der Waals surface area (Å²) >= 11 is 0. The van der Waals surface area contributed by atoms with Crippen molar-refractivity contribution < 1.29 is 9.53 Å². The molecule has 94 valence electrons. The molecule has 0 spiro atoms. The Labute approximate surface area is 98.1 Å². The number of likely N-dealkylation sites (tertiary alicyclic amines) is 1. The second kappa shape index (κ2) is 6.21. The number of hydrogen-bond donors (Lipinski definition) is 1. The minimum absolute atomic E-state index is 0.141. The SMILES string of the molecule is CCC1CCC(C)N1C(=O)CC(CN)OC. The van der Waals surface area contributed by atoms with E-state index in [9.17, 15) is 4.79 Å². The minimum Gasteiger partial charge on any atom is -0.380 e. The molecule has 0 aromatic heterocycles. The molecule has 1 heterocycles. The standard InChI is InChI=1S/C12H24N2O2/c1-4-10-6-5-9(2)14(10)12(15)7-11(8-13)16-3/h9-11H,4-8,13H2,1-3H3. The molecule has 0 aliphatic carbocycles. The van der Waals surface area contributed by atoms with E-state index < -0.39 is 0 Å². The van der Waals surface area contributed by atoms with Gasteiger partial charge in [-0.25, -0.2) is 0 Å². The Hall–Kier alpha value is -0.610. The van der Waals surface area contributed by atoms with Crippen molar-refractivity contribution in [2.75, 3.05) is 13.7 Å². The van der Waals surface area contributed by atoms with Gasteiger partial charge in [-0.3, -0.25) is 4.79 Å². The van der Waals surface area contributed by atoms with Gasteiger partial charge in [-0.05, 0) is 26.2 Å². The summed E-state index contributed by atoms with van der Waals surface area (Å²) in [7, 11) is 1.61. The number of nitrogens with two attached hydrogens (primary N) is 1. The van der Waals surface area contributed by atoms with Crippen molar-refractivity contribution in [1.82, 2.24) is 4.90 Å². The molecular weight excluding hydrogens is 204 g/mol. The van der Waals surface area contributed by atoms with Gasteiger partial charge in [0.2, 0.25) is 5.91 Å². The quantitative estimate of drug-likeness (QED) is 0.767. The highest BCUT2D eigenvalue weighted by atomic mass is 16.5. The maximum Gasteiger partial charge on any atom is 0.225 e. The second-order valence-electron chi connectivity index (χ2n) is 4.59. The molecular formula is C12H24N2O2. The van der Waals surface area contributed by atoms with Gasteiger partial charge in [0, 0.05) is 25.7 Å². The first kappa shape index (κ1) is 13.5. The van der Waals surface area contributed by atoms with Crippen LogP contribution < -0.4 is 5.73 Å². The van der Waals surface area contributed by atoms with Gasteiger partial charge in [-0.15, -0.1) is 0 Å². The van der Waals surface area contributed by atoms with Gasteiger partial charge in [0.25, 0.3) is 0 Å². The Morgan fingerprint density at radius 3 is 2.75 bits per heavy atom. The van der Waals surface area contributed by atoms with E-state index in [-0.39, 0.29) is 12.0 Å². The zero-order valence-electron chi connectivity index (χ0n) is 10.6. The summed E-state index contributed by atoms with van der Waals surface area (Å²) < 4.78 is 5.16. The lowest BCUT2D eigenvalue weighted by Gasteiger charge is -2.29. The Balaban J connectivity index is 2.57. The van der Waals surface area contributed by atoms with Crippen molar-refractivity contribution in [1.29, 1.82) is 0 Å². The number of hydrogen-bond acceptors (Lipinski definition) is 3. The van der Waals surface area contributed by atoms with Crippen molar-refractivity contribution >= 4 is 5.91 Å². The Kier molecular flexibility index (Phi) is 5.22. The van der Waals surface area contributed by atoms with E-state index in [1.165, 1.54) is 0 Å². The van der Waals surface area contributed by atoms with Gasteiger partial charge < -0.3 is 15.4 Å². The summed E-state index contributed by atoms with van der Waals surface area (Å²) in [5.74, 6) is 0.189. The number of carbonyl (C=O) groups is 1. The second-order valence-corrected chi connectivity index (χ2v) is 4.59. The van der Waals surface area contributed by atoms with Crippen LogP contribution in [0.3, 0.4) is 0 Å². The van der Waals surface area contributed by atoms with E-state index in [0.29, 0.717) is 25.0 Å². The van der Waals surface area contributed by atoms with E-state index in [0.717, 1.165) is 19.3 Å². The molecule has 3 unspecified atom stereocenters. The smallest absolute Gasteiger partial charge is 0.225 e. The van der Waals surface area contributed by atoms with Crippen LogP contribution in [0.2, 0.25) is 0 Å². The Morgan fingerprint density at radius 1 is 1.56 bits per heavy atom. The summed E-state index contributed by atoms with van der Waals surface area (Å²) in [6.45, 7) is 4.67. The topological polar surface area (TPSA) is 55.6 Å². The third-order valence-corrected chi connectivity index (χ3v) is 3.54. The Morgan fingerprint density at radius 2 is 2.25 bits per heavy atom. The van der Waals surface area contributed by atoms with Crippen LogP contribution >= 0.6 is 0 Å². The van der Waals surface area contributed by atoms with Crippen molar-refractivity contribution in [3.63, 3.8) is 0 Å². The molecule has 0 radical (unpaired) electrons. The molecule has 1 rings (SSSR count). The number of ether oxygens (including phenoxy) is 1. The molecule has 1 aliphatic rings. The maximum atomic E-state index is 12.1. The molecule has 0 saturated carbocycles. The van der Waals surface area contributed by atoms with Gasteiger partial charge >= 0.3 is 0 Å². The lowest BCUT2D eigenvalue weighted by Crippen LogP contribution is -2.42. The molecule has 0 bridgehead atoms. The largest absolute Gasteiger partial charge is 0.380 e.